The van der Waals surface area contributed by atoms with Crippen molar-refractivity contribution in [3.05, 3.63) is 29.8 Å². The summed E-state index contributed by atoms with van der Waals surface area (Å²) in [5.41, 5.74) is 2.23. The number of sulfone groups is 1. The van der Waals surface area contributed by atoms with Gasteiger partial charge in [0.15, 0.2) is 14.9 Å². The highest BCUT2D eigenvalue weighted by molar-refractivity contribution is 7.91. The van der Waals surface area contributed by atoms with E-state index in [9.17, 15) is 8.42 Å². The number of aryl methyl sites for hydroxylation is 1. The van der Waals surface area contributed by atoms with Crippen molar-refractivity contribution in [3.8, 4) is 0 Å². The van der Waals surface area contributed by atoms with Crippen molar-refractivity contribution < 1.29 is 13.3 Å². The number of benzene rings is 1. The Morgan fingerprint density at radius 2 is 2.00 bits per heavy atom. The first-order valence-corrected chi connectivity index (χ1v) is 10.3. The molecule has 1 atom stereocenters. The smallest absolute Gasteiger partial charge is 0.173 e. The Balaban J connectivity index is 1.53. The number of nitrogens with one attached hydrogen (secondary N) is 2. The largest absolute Gasteiger partial charge is 0.338 e. The average Bonchev–Trinajstić information content (AvgIpc) is 2.90. The lowest BCUT2D eigenvalue weighted by Gasteiger charge is -2.36. The molecule has 2 N–H and O–H groups in total. The molecule has 23 heavy (non-hydrogen) atoms. The minimum atomic E-state index is -2.79. The van der Waals surface area contributed by atoms with Gasteiger partial charge < -0.3 is 15.1 Å². The highest BCUT2D eigenvalue weighted by Gasteiger charge is 2.37. The summed E-state index contributed by atoms with van der Waals surface area (Å²) in [6.45, 7) is 5.73. The van der Waals surface area contributed by atoms with Crippen LogP contribution in [0.15, 0.2) is 24.3 Å². The first kappa shape index (κ1) is 16.7. The molecule has 2 aliphatic heterocycles. The van der Waals surface area contributed by atoms with Crippen LogP contribution in [0.3, 0.4) is 0 Å². The van der Waals surface area contributed by atoms with Crippen LogP contribution in [0, 0.1) is 6.92 Å². The molecule has 2 saturated heterocycles. The topological polar surface area (TPSA) is 53.9 Å². The van der Waals surface area contributed by atoms with Crippen molar-refractivity contribution in [1.82, 2.24) is 4.90 Å². The van der Waals surface area contributed by atoms with Crippen molar-refractivity contribution >= 4 is 32.9 Å². The maximum absolute atomic E-state index is 11.6. The van der Waals surface area contributed by atoms with Crippen LogP contribution in [0.1, 0.15) is 12.0 Å². The van der Waals surface area contributed by atoms with E-state index in [0.29, 0.717) is 11.5 Å². The first-order chi connectivity index (χ1) is 10.9. The summed E-state index contributed by atoms with van der Waals surface area (Å²) >= 11 is 5.54. The predicted octanol–water partition coefficient (Wildman–Crippen LogP) is 0.0794. The van der Waals surface area contributed by atoms with Crippen LogP contribution < -0.4 is 10.2 Å². The SMILES string of the molecule is Cc1ccccc1NC(=S)N1CC[NH+]([C@@H]2CCS(=O)(=O)C2)CC1. The average molecular weight is 355 g/mol. The Kier molecular flexibility index (Phi) is 4.89. The van der Waals surface area contributed by atoms with Crippen molar-refractivity contribution in [1.29, 1.82) is 0 Å². The fourth-order valence-corrected chi connectivity index (χ4v) is 5.55. The van der Waals surface area contributed by atoms with Gasteiger partial charge in [-0.3, -0.25) is 0 Å². The van der Waals surface area contributed by atoms with Crippen LogP contribution in [0.4, 0.5) is 5.69 Å². The minimum absolute atomic E-state index is 0.278. The number of anilines is 1. The zero-order valence-corrected chi connectivity index (χ0v) is 15.0. The van der Waals surface area contributed by atoms with Gasteiger partial charge in [0.05, 0.1) is 31.9 Å². The molecule has 0 bridgehead atoms. The van der Waals surface area contributed by atoms with Crippen LogP contribution in [0.2, 0.25) is 0 Å². The maximum Gasteiger partial charge on any atom is 0.173 e. The number of hydrogen-bond donors (Lipinski definition) is 2. The molecule has 0 spiro atoms. The number of quaternary nitrogens is 1. The Labute approximate surface area is 143 Å². The molecule has 0 unspecified atom stereocenters. The molecule has 2 heterocycles. The van der Waals surface area contributed by atoms with Gasteiger partial charge in [-0.1, -0.05) is 18.2 Å². The minimum Gasteiger partial charge on any atom is -0.338 e. The monoisotopic (exact) mass is 354 g/mol. The third kappa shape index (κ3) is 4.02. The van der Waals surface area contributed by atoms with Crippen LogP contribution in [0.25, 0.3) is 0 Å². The second kappa shape index (κ2) is 6.75. The Bertz CT molecular complexity index is 682. The van der Waals surface area contributed by atoms with Crippen molar-refractivity contribution in [3.63, 3.8) is 0 Å². The van der Waals surface area contributed by atoms with Gasteiger partial charge in [0.25, 0.3) is 0 Å². The van der Waals surface area contributed by atoms with Gasteiger partial charge in [-0.25, -0.2) is 8.42 Å². The number of piperazine rings is 1. The van der Waals surface area contributed by atoms with E-state index < -0.39 is 9.84 Å². The van der Waals surface area contributed by atoms with E-state index in [0.717, 1.165) is 43.4 Å². The summed E-state index contributed by atoms with van der Waals surface area (Å²) in [7, 11) is -2.79. The summed E-state index contributed by atoms with van der Waals surface area (Å²) in [5, 5.41) is 4.09. The molecular formula is C16H24N3O2S2+. The molecule has 0 saturated carbocycles. The molecule has 2 aliphatic rings. The molecule has 0 aromatic heterocycles. The van der Waals surface area contributed by atoms with E-state index >= 15 is 0 Å². The normalized spacial score (nSPS) is 24.6. The van der Waals surface area contributed by atoms with Crippen LogP contribution >= 0.6 is 12.2 Å². The molecule has 126 valence electrons. The van der Waals surface area contributed by atoms with Gasteiger partial charge in [-0.05, 0) is 30.8 Å². The Hall–Kier alpha value is -1.18. The number of hydrogen-bond acceptors (Lipinski definition) is 3. The number of thiocarbonyl (C=S) groups is 1. The maximum atomic E-state index is 11.6. The molecule has 3 rings (SSSR count). The van der Waals surface area contributed by atoms with Gasteiger partial charge >= 0.3 is 0 Å². The number of para-hydroxylation sites is 1. The molecule has 7 heteroatoms. The number of rotatable bonds is 2. The summed E-state index contributed by atoms with van der Waals surface area (Å²) in [5.74, 6) is 0.715. The van der Waals surface area contributed by atoms with Gasteiger partial charge in [0.1, 0.15) is 11.8 Å². The first-order valence-electron chi connectivity index (χ1n) is 8.11. The zero-order valence-electron chi connectivity index (χ0n) is 13.4. The molecule has 0 aliphatic carbocycles. The van der Waals surface area contributed by atoms with E-state index in [-0.39, 0.29) is 6.04 Å². The van der Waals surface area contributed by atoms with Crippen molar-refractivity contribution in [2.45, 2.75) is 19.4 Å². The molecule has 0 amide bonds. The second-order valence-electron chi connectivity index (χ2n) is 6.49. The fourth-order valence-electron chi connectivity index (χ4n) is 3.43. The van der Waals surface area contributed by atoms with Gasteiger partial charge in [-0.2, -0.15) is 0 Å². The molecule has 1 aromatic rings. The van der Waals surface area contributed by atoms with Crippen LogP contribution in [-0.2, 0) is 9.84 Å². The zero-order chi connectivity index (χ0) is 16.4. The van der Waals surface area contributed by atoms with Crippen molar-refractivity contribution in [2.75, 3.05) is 43.0 Å². The Morgan fingerprint density at radius 1 is 1.30 bits per heavy atom. The quantitative estimate of drug-likeness (QED) is 0.737. The number of nitrogens with zero attached hydrogens (tertiary/aromatic N) is 1. The highest BCUT2D eigenvalue weighted by atomic mass is 32.2. The third-order valence-electron chi connectivity index (χ3n) is 4.89. The summed E-state index contributed by atoms with van der Waals surface area (Å²) in [6, 6.07) is 8.39. The van der Waals surface area contributed by atoms with Gasteiger partial charge in [0.2, 0.25) is 0 Å². The summed E-state index contributed by atoms with van der Waals surface area (Å²) < 4.78 is 23.3. The van der Waals surface area contributed by atoms with Crippen molar-refractivity contribution in [2.24, 2.45) is 0 Å². The lowest BCUT2D eigenvalue weighted by Crippen LogP contribution is -3.18. The summed E-state index contributed by atoms with van der Waals surface area (Å²) in [4.78, 5) is 3.61. The van der Waals surface area contributed by atoms with E-state index in [4.69, 9.17) is 12.2 Å². The van der Waals surface area contributed by atoms with Gasteiger partial charge in [0, 0.05) is 12.1 Å². The van der Waals surface area contributed by atoms with E-state index in [1.165, 1.54) is 10.5 Å². The van der Waals surface area contributed by atoms with Crippen LogP contribution in [0.5, 0.6) is 0 Å². The Morgan fingerprint density at radius 3 is 2.61 bits per heavy atom. The van der Waals surface area contributed by atoms with E-state index in [1.54, 1.807) is 0 Å². The molecule has 0 radical (unpaired) electrons. The lowest BCUT2D eigenvalue weighted by molar-refractivity contribution is -0.925. The van der Waals surface area contributed by atoms with Gasteiger partial charge in [-0.15, -0.1) is 0 Å². The fraction of sp³-hybridized carbons (Fsp3) is 0.562. The molecule has 1 aromatic carbocycles. The molecular weight excluding hydrogens is 330 g/mol. The third-order valence-corrected chi connectivity index (χ3v) is 7.02. The standard InChI is InChI=1S/C16H23N3O2S2/c1-13-4-2-3-5-15(13)17-16(22)19-9-7-18(8-10-19)14-6-11-23(20,21)12-14/h2-5,14H,6-12H2,1H3,(H,17,22)/p+1/t14-/m1/s1. The molecule has 5 nitrogen and oxygen atoms in total. The van der Waals surface area contributed by atoms with Crippen LogP contribution in [-0.4, -0.2) is 62.2 Å². The summed E-state index contributed by atoms with van der Waals surface area (Å²) in [6.07, 6.45) is 0.809. The highest BCUT2D eigenvalue weighted by Crippen LogP contribution is 2.14. The predicted molar refractivity (Wildman–Crippen MR) is 96.7 cm³/mol. The molecule has 2 fully saturated rings. The van der Waals surface area contributed by atoms with E-state index in [2.05, 4.69) is 23.2 Å². The van der Waals surface area contributed by atoms with E-state index in [1.807, 2.05) is 18.2 Å². The second-order valence-corrected chi connectivity index (χ2v) is 9.11. The lowest BCUT2D eigenvalue weighted by atomic mass is 10.2.